The van der Waals surface area contributed by atoms with Gasteiger partial charge < -0.3 is 19.0 Å². The van der Waals surface area contributed by atoms with Crippen molar-refractivity contribution < 1.29 is 37.0 Å². The molecule has 1 atom stereocenters. The summed E-state index contributed by atoms with van der Waals surface area (Å²) in [6.45, 7) is 7.21. The summed E-state index contributed by atoms with van der Waals surface area (Å²) >= 11 is 0. The average molecular weight is 450 g/mol. The molecule has 0 aliphatic heterocycles. The van der Waals surface area contributed by atoms with E-state index in [0.29, 0.717) is 0 Å². The zero-order valence-corrected chi connectivity index (χ0v) is 17.7. The van der Waals surface area contributed by atoms with E-state index in [1.165, 1.54) is 31.2 Å². The smallest absolute Gasteiger partial charge is 0.453 e. The highest BCUT2D eigenvalue weighted by Gasteiger charge is 2.40. The van der Waals surface area contributed by atoms with Crippen molar-refractivity contribution in [3.8, 4) is 17.2 Å². The molecule has 0 bridgehead atoms. The van der Waals surface area contributed by atoms with E-state index in [4.69, 9.17) is 19.0 Å². The predicted octanol–water partition coefficient (Wildman–Crippen LogP) is 5.75. The molecular weight excluding hydrogens is 429 g/mol. The molecule has 1 N–H and O–H groups in total. The number of rotatable bonds is 5. The van der Waals surface area contributed by atoms with Gasteiger partial charge >= 0.3 is 12.1 Å². The predicted molar refractivity (Wildman–Crippen MR) is 110 cm³/mol. The van der Waals surface area contributed by atoms with Crippen molar-refractivity contribution in [2.45, 2.75) is 45.4 Å². The van der Waals surface area contributed by atoms with Crippen molar-refractivity contribution in [2.24, 2.45) is 0 Å². The Bertz CT molecular complexity index is 1200. The maximum Gasteiger partial charge on any atom is 0.453 e. The minimum absolute atomic E-state index is 0.0467. The minimum Gasteiger partial charge on any atom is -0.479 e. The van der Waals surface area contributed by atoms with Crippen LogP contribution in [0.2, 0.25) is 0 Å². The van der Waals surface area contributed by atoms with Gasteiger partial charge in [-0.05, 0) is 42.2 Å². The lowest BCUT2D eigenvalue weighted by molar-refractivity contribution is -0.154. The SMILES string of the molecule is C[C@H](Oc1ccc2c(=O)c(Oc3ccc(C(C)(C)C)cc3)c(C(F)(F)F)oc2c1)C(=O)O. The van der Waals surface area contributed by atoms with Crippen LogP contribution in [-0.2, 0) is 16.4 Å². The molecule has 0 fully saturated rings. The van der Waals surface area contributed by atoms with Crippen LogP contribution in [0.15, 0.2) is 51.7 Å². The Labute approximate surface area is 181 Å². The van der Waals surface area contributed by atoms with Crippen LogP contribution in [0.4, 0.5) is 13.2 Å². The first-order chi connectivity index (χ1) is 14.8. The number of halogens is 3. The second kappa shape index (κ2) is 8.22. The van der Waals surface area contributed by atoms with Crippen LogP contribution in [0.3, 0.4) is 0 Å². The Morgan fingerprint density at radius 2 is 1.62 bits per heavy atom. The van der Waals surface area contributed by atoms with Crippen LogP contribution in [0.5, 0.6) is 17.2 Å². The highest BCUT2D eigenvalue weighted by atomic mass is 19.4. The number of fused-ring (bicyclic) bond motifs is 1. The standard InChI is InChI=1S/C23H21F3O6/c1-12(21(28)29)30-15-9-10-16-17(11-15)32-20(23(24,25)26)19(18(16)27)31-14-7-5-13(6-8-14)22(2,3)4/h5-12H,1-4H3,(H,28,29)/t12-/m0/s1. The van der Waals surface area contributed by atoms with Gasteiger partial charge in [0.05, 0.1) is 5.39 Å². The number of hydrogen-bond acceptors (Lipinski definition) is 5. The number of carboxylic acid groups (broad SMARTS) is 1. The summed E-state index contributed by atoms with van der Waals surface area (Å²) in [5.41, 5.74) is -0.658. The van der Waals surface area contributed by atoms with Crippen molar-refractivity contribution >= 4 is 16.9 Å². The molecule has 6 nitrogen and oxygen atoms in total. The first-order valence-corrected chi connectivity index (χ1v) is 9.63. The third-order valence-electron chi connectivity index (χ3n) is 4.68. The van der Waals surface area contributed by atoms with Crippen LogP contribution < -0.4 is 14.9 Å². The molecule has 0 unspecified atom stereocenters. The van der Waals surface area contributed by atoms with Crippen LogP contribution in [0.1, 0.15) is 39.0 Å². The van der Waals surface area contributed by atoms with Gasteiger partial charge in [-0.25, -0.2) is 4.79 Å². The first kappa shape index (κ1) is 23.2. The third kappa shape index (κ3) is 4.87. The normalized spacial score (nSPS) is 13.1. The van der Waals surface area contributed by atoms with E-state index in [1.54, 1.807) is 12.1 Å². The van der Waals surface area contributed by atoms with E-state index < -0.39 is 40.8 Å². The molecule has 3 aromatic rings. The number of carbonyl (C=O) groups is 1. The number of carboxylic acids is 1. The van der Waals surface area contributed by atoms with Gasteiger partial charge in [-0.1, -0.05) is 32.9 Å². The summed E-state index contributed by atoms with van der Waals surface area (Å²) in [5.74, 6) is -3.86. The van der Waals surface area contributed by atoms with E-state index in [9.17, 15) is 22.8 Å². The van der Waals surface area contributed by atoms with E-state index in [-0.39, 0.29) is 22.3 Å². The molecule has 0 amide bonds. The molecule has 0 spiro atoms. The number of alkyl halides is 3. The molecule has 0 aliphatic rings. The fraction of sp³-hybridized carbons (Fsp3) is 0.304. The van der Waals surface area contributed by atoms with Gasteiger partial charge in [-0.2, -0.15) is 13.2 Å². The second-order valence-electron chi connectivity index (χ2n) is 8.22. The zero-order chi connectivity index (χ0) is 23.8. The summed E-state index contributed by atoms with van der Waals surface area (Å²) in [6, 6.07) is 9.88. The van der Waals surface area contributed by atoms with Crippen molar-refractivity contribution in [1.82, 2.24) is 0 Å². The lowest BCUT2D eigenvalue weighted by Crippen LogP contribution is -2.22. The maximum atomic E-state index is 13.7. The fourth-order valence-corrected chi connectivity index (χ4v) is 2.90. The third-order valence-corrected chi connectivity index (χ3v) is 4.68. The molecule has 0 saturated carbocycles. The van der Waals surface area contributed by atoms with Crippen molar-refractivity contribution in [1.29, 1.82) is 0 Å². The second-order valence-corrected chi connectivity index (χ2v) is 8.22. The van der Waals surface area contributed by atoms with Gasteiger partial charge in [0.1, 0.15) is 17.1 Å². The molecule has 0 radical (unpaired) electrons. The van der Waals surface area contributed by atoms with Crippen LogP contribution in [0, 0.1) is 0 Å². The van der Waals surface area contributed by atoms with Crippen molar-refractivity contribution in [2.75, 3.05) is 0 Å². The molecule has 170 valence electrons. The van der Waals surface area contributed by atoms with E-state index in [0.717, 1.165) is 11.6 Å². The monoisotopic (exact) mass is 450 g/mol. The van der Waals surface area contributed by atoms with Gasteiger partial charge in [0.25, 0.3) is 5.76 Å². The number of benzene rings is 2. The highest BCUT2D eigenvalue weighted by Crippen LogP contribution is 2.39. The zero-order valence-electron chi connectivity index (χ0n) is 17.7. The van der Waals surface area contributed by atoms with Crippen molar-refractivity contribution in [3.63, 3.8) is 0 Å². The quantitative estimate of drug-likeness (QED) is 0.532. The Morgan fingerprint density at radius 1 is 1.03 bits per heavy atom. The topological polar surface area (TPSA) is 86.0 Å². The highest BCUT2D eigenvalue weighted by molar-refractivity contribution is 5.80. The minimum atomic E-state index is -5.01. The first-order valence-electron chi connectivity index (χ1n) is 9.63. The number of ether oxygens (including phenoxy) is 2. The molecule has 0 saturated heterocycles. The summed E-state index contributed by atoms with van der Waals surface area (Å²) in [7, 11) is 0. The Kier molecular flexibility index (Phi) is 5.95. The molecule has 32 heavy (non-hydrogen) atoms. The lowest BCUT2D eigenvalue weighted by Gasteiger charge is -2.19. The average Bonchev–Trinajstić information content (AvgIpc) is 2.68. The molecule has 1 aromatic heterocycles. The number of hydrogen-bond donors (Lipinski definition) is 1. The van der Waals surface area contributed by atoms with Crippen molar-refractivity contribution in [3.05, 3.63) is 64.0 Å². The van der Waals surface area contributed by atoms with E-state index >= 15 is 0 Å². The maximum absolute atomic E-state index is 13.7. The van der Waals surface area contributed by atoms with Gasteiger partial charge in [0.2, 0.25) is 11.2 Å². The van der Waals surface area contributed by atoms with Crippen LogP contribution in [0.25, 0.3) is 11.0 Å². The molecule has 1 heterocycles. The Hall–Kier alpha value is -3.49. The Morgan fingerprint density at radius 3 is 2.16 bits per heavy atom. The van der Waals surface area contributed by atoms with E-state index in [2.05, 4.69) is 0 Å². The van der Waals surface area contributed by atoms with Gasteiger partial charge in [-0.3, -0.25) is 4.79 Å². The molecule has 0 aliphatic carbocycles. The van der Waals surface area contributed by atoms with Gasteiger partial charge in [0, 0.05) is 6.07 Å². The number of aliphatic carboxylic acids is 1. The van der Waals surface area contributed by atoms with Gasteiger partial charge in [-0.15, -0.1) is 0 Å². The van der Waals surface area contributed by atoms with Gasteiger partial charge in [0.15, 0.2) is 6.10 Å². The largest absolute Gasteiger partial charge is 0.479 e. The molecule has 2 aromatic carbocycles. The molecule has 9 heteroatoms. The Balaban J connectivity index is 2.08. The lowest BCUT2D eigenvalue weighted by atomic mass is 9.87. The summed E-state index contributed by atoms with van der Waals surface area (Å²) in [4.78, 5) is 23.8. The molecule has 3 rings (SSSR count). The fourth-order valence-electron chi connectivity index (χ4n) is 2.90. The molecular formula is C23H21F3O6. The van der Waals surface area contributed by atoms with Crippen LogP contribution >= 0.6 is 0 Å². The summed E-state index contributed by atoms with van der Waals surface area (Å²) in [6.07, 6.45) is -6.26. The summed E-state index contributed by atoms with van der Waals surface area (Å²) in [5, 5.41) is 8.75. The summed E-state index contributed by atoms with van der Waals surface area (Å²) < 4.78 is 56.5. The van der Waals surface area contributed by atoms with E-state index in [1.807, 2.05) is 20.8 Å². The van der Waals surface area contributed by atoms with Crippen LogP contribution in [-0.4, -0.2) is 17.2 Å².